The number of rotatable bonds is 5. The van der Waals surface area contributed by atoms with E-state index in [2.05, 4.69) is 20.8 Å². The van der Waals surface area contributed by atoms with E-state index in [1.165, 1.54) is 28.8 Å². The van der Waals surface area contributed by atoms with Crippen molar-refractivity contribution in [2.45, 2.75) is 25.3 Å². The molecule has 0 unspecified atom stereocenters. The molecule has 0 bridgehead atoms. The molecule has 0 spiro atoms. The number of hydrogen-bond donors (Lipinski definition) is 2. The summed E-state index contributed by atoms with van der Waals surface area (Å²) in [7, 11) is -3.19. The van der Waals surface area contributed by atoms with Crippen LogP contribution in [0.2, 0.25) is 0 Å². The van der Waals surface area contributed by atoms with E-state index >= 15 is 0 Å². The summed E-state index contributed by atoms with van der Waals surface area (Å²) < 4.78 is 43.1. The topological polar surface area (TPSA) is 117 Å². The van der Waals surface area contributed by atoms with Crippen LogP contribution in [0.5, 0.6) is 0 Å². The molecular formula is C16H20FN5O4S. The van der Waals surface area contributed by atoms with Crippen molar-refractivity contribution in [1.29, 1.82) is 0 Å². The number of nitrogens with zero attached hydrogens (tertiary/aromatic N) is 3. The zero-order chi connectivity index (χ0) is 19.4. The molecule has 0 saturated carbocycles. The number of benzene rings is 1. The molecule has 0 atom stereocenters. The average Bonchev–Trinajstić information content (AvgIpc) is 3.10. The molecule has 9 nitrogen and oxygen atoms in total. The highest BCUT2D eigenvalue weighted by molar-refractivity contribution is 7.88. The number of sulfonamides is 1. The van der Waals surface area contributed by atoms with Gasteiger partial charge >= 0.3 is 6.03 Å². The normalized spacial score (nSPS) is 16.2. The van der Waals surface area contributed by atoms with Crippen LogP contribution in [0, 0.1) is 5.82 Å². The number of amides is 2. The van der Waals surface area contributed by atoms with Gasteiger partial charge in [0, 0.05) is 19.0 Å². The lowest BCUT2D eigenvalue weighted by Crippen LogP contribution is -2.37. The van der Waals surface area contributed by atoms with Crippen molar-refractivity contribution in [3.8, 4) is 0 Å². The molecule has 146 valence electrons. The number of aromatic nitrogens is 2. The number of halogens is 1. The Bertz CT molecular complexity index is 909. The Morgan fingerprint density at radius 1 is 1.33 bits per heavy atom. The minimum atomic E-state index is -3.19. The van der Waals surface area contributed by atoms with Gasteiger partial charge in [0.1, 0.15) is 5.82 Å². The third-order valence-corrected chi connectivity index (χ3v) is 5.60. The summed E-state index contributed by atoms with van der Waals surface area (Å²) in [4.78, 5) is 16.1. The summed E-state index contributed by atoms with van der Waals surface area (Å²) in [6.07, 6.45) is 2.40. The molecule has 1 saturated heterocycles. The Kier molecular flexibility index (Phi) is 5.71. The first-order valence-corrected chi connectivity index (χ1v) is 10.2. The van der Waals surface area contributed by atoms with Crippen LogP contribution in [-0.4, -0.2) is 48.2 Å². The first-order chi connectivity index (χ1) is 12.8. The summed E-state index contributed by atoms with van der Waals surface area (Å²) in [5, 5.41) is 8.83. The van der Waals surface area contributed by atoms with Gasteiger partial charge in [-0.3, -0.25) is 0 Å². The van der Waals surface area contributed by atoms with Gasteiger partial charge in [0.05, 0.1) is 18.5 Å². The summed E-state index contributed by atoms with van der Waals surface area (Å²) in [5.41, 5.74) is 0.0684. The van der Waals surface area contributed by atoms with Crippen LogP contribution < -0.4 is 10.6 Å². The lowest BCUT2D eigenvalue weighted by molar-refractivity contribution is 0.249. The quantitative estimate of drug-likeness (QED) is 0.792. The predicted molar refractivity (Wildman–Crippen MR) is 94.9 cm³/mol. The van der Waals surface area contributed by atoms with E-state index in [4.69, 9.17) is 4.52 Å². The molecule has 1 aliphatic heterocycles. The monoisotopic (exact) mass is 397 g/mol. The molecule has 1 fully saturated rings. The van der Waals surface area contributed by atoms with Gasteiger partial charge < -0.3 is 15.2 Å². The SMILES string of the molecule is CS(=O)(=O)N1CCC(c2noc(CNC(=O)Nc3ccccc3F)n2)CC1. The van der Waals surface area contributed by atoms with Crippen molar-refractivity contribution in [2.75, 3.05) is 24.7 Å². The molecule has 1 aromatic heterocycles. The van der Waals surface area contributed by atoms with Crippen LogP contribution in [0.15, 0.2) is 28.8 Å². The van der Waals surface area contributed by atoms with Gasteiger partial charge in [-0.15, -0.1) is 0 Å². The van der Waals surface area contributed by atoms with Crippen LogP contribution in [0.4, 0.5) is 14.9 Å². The number of urea groups is 1. The van der Waals surface area contributed by atoms with E-state index in [9.17, 15) is 17.6 Å². The molecule has 3 rings (SSSR count). The van der Waals surface area contributed by atoms with Crippen LogP contribution in [0.3, 0.4) is 0 Å². The number of nitrogens with one attached hydrogen (secondary N) is 2. The fourth-order valence-electron chi connectivity index (χ4n) is 2.84. The molecule has 2 N–H and O–H groups in total. The minimum Gasteiger partial charge on any atom is -0.337 e. The van der Waals surface area contributed by atoms with Crippen LogP contribution in [-0.2, 0) is 16.6 Å². The fraction of sp³-hybridized carbons (Fsp3) is 0.438. The lowest BCUT2D eigenvalue weighted by Gasteiger charge is -2.28. The summed E-state index contributed by atoms with van der Waals surface area (Å²) in [5.74, 6) is 0.189. The van der Waals surface area contributed by atoms with E-state index in [1.54, 1.807) is 6.07 Å². The van der Waals surface area contributed by atoms with Crippen molar-refractivity contribution in [1.82, 2.24) is 19.8 Å². The van der Waals surface area contributed by atoms with Crippen LogP contribution in [0.25, 0.3) is 0 Å². The van der Waals surface area contributed by atoms with Gasteiger partial charge in [-0.2, -0.15) is 4.98 Å². The maximum absolute atomic E-state index is 13.5. The number of para-hydroxylation sites is 1. The zero-order valence-corrected chi connectivity index (χ0v) is 15.5. The average molecular weight is 397 g/mol. The number of anilines is 1. The molecule has 0 aliphatic carbocycles. The molecule has 2 aromatic rings. The predicted octanol–water partition coefficient (Wildman–Crippen LogP) is 1.67. The second kappa shape index (κ2) is 8.01. The molecule has 27 heavy (non-hydrogen) atoms. The van der Waals surface area contributed by atoms with Gasteiger partial charge in [0.2, 0.25) is 15.9 Å². The minimum absolute atomic E-state index is 0.00449. The molecule has 1 aromatic carbocycles. The highest BCUT2D eigenvalue weighted by Gasteiger charge is 2.28. The van der Waals surface area contributed by atoms with E-state index in [1.807, 2.05) is 0 Å². The maximum atomic E-state index is 13.5. The van der Waals surface area contributed by atoms with E-state index < -0.39 is 21.9 Å². The number of piperidine rings is 1. The number of carbonyl (C=O) groups is 1. The van der Waals surface area contributed by atoms with E-state index in [0.717, 1.165) is 0 Å². The molecule has 1 aliphatic rings. The van der Waals surface area contributed by atoms with Crippen molar-refractivity contribution in [3.05, 3.63) is 41.8 Å². The lowest BCUT2D eigenvalue weighted by atomic mass is 9.98. The zero-order valence-electron chi connectivity index (χ0n) is 14.7. The first-order valence-electron chi connectivity index (χ1n) is 8.40. The van der Waals surface area contributed by atoms with Crippen molar-refractivity contribution < 1.29 is 22.1 Å². The molecule has 2 amide bonds. The van der Waals surface area contributed by atoms with Crippen LogP contribution in [0.1, 0.15) is 30.5 Å². The summed E-state index contributed by atoms with van der Waals surface area (Å²) >= 11 is 0. The van der Waals surface area contributed by atoms with Crippen molar-refractivity contribution in [3.63, 3.8) is 0 Å². The van der Waals surface area contributed by atoms with Gasteiger partial charge in [-0.05, 0) is 25.0 Å². The Labute approximate surface area is 156 Å². The standard InChI is InChI=1S/C16H20FN5O4S/c1-27(24,25)22-8-6-11(7-9-22)15-20-14(26-21-15)10-18-16(23)19-13-5-3-2-4-12(13)17/h2-5,11H,6-10H2,1H3,(H2,18,19,23). The van der Waals surface area contributed by atoms with Gasteiger partial charge in [-0.25, -0.2) is 21.9 Å². The van der Waals surface area contributed by atoms with E-state index in [0.29, 0.717) is 31.8 Å². The van der Waals surface area contributed by atoms with Crippen molar-refractivity contribution >= 4 is 21.7 Å². The smallest absolute Gasteiger partial charge is 0.319 e. The molecule has 11 heteroatoms. The Balaban J connectivity index is 1.50. The maximum Gasteiger partial charge on any atom is 0.319 e. The highest BCUT2D eigenvalue weighted by Crippen LogP contribution is 2.26. The molecule has 0 radical (unpaired) electrons. The largest absolute Gasteiger partial charge is 0.337 e. The summed E-state index contributed by atoms with van der Waals surface area (Å²) in [6.45, 7) is 0.822. The van der Waals surface area contributed by atoms with Crippen molar-refractivity contribution in [2.24, 2.45) is 0 Å². The van der Waals surface area contributed by atoms with Gasteiger partial charge in [0.25, 0.3) is 0 Å². The Hall–Kier alpha value is -2.53. The second-order valence-corrected chi connectivity index (χ2v) is 8.25. The summed E-state index contributed by atoms with van der Waals surface area (Å²) in [6, 6.07) is 5.23. The first kappa shape index (κ1) is 19.2. The second-order valence-electron chi connectivity index (χ2n) is 6.27. The third-order valence-electron chi connectivity index (χ3n) is 4.29. The molecule has 2 heterocycles. The number of hydrogen-bond acceptors (Lipinski definition) is 6. The number of carbonyl (C=O) groups excluding carboxylic acids is 1. The third kappa shape index (κ3) is 5.01. The van der Waals surface area contributed by atoms with Gasteiger partial charge in [-0.1, -0.05) is 17.3 Å². The van der Waals surface area contributed by atoms with E-state index in [-0.39, 0.29) is 24.0 Å². The Morgan fingerprint density at radius 3 is 2.70 bits per heavy atom. The van der Waals surface area contributed by atoms with Crippen LogP contribution >= 0.6 is 0 Å². The van der Waals surface area contributed by atoms with Gasteiger partial charge in [0.15, 0.2) is 5.82 Å². The fourth-order valence-corrected chi connectivity index (χ4v) is 3.71. The highest BCUT2D eigenvalue weighted by atomic mass is 32.2. The Morgan fingerprint density at radius 2 is 2.04 bits per heavy atom. The molecular weight excluding hydrogens is 377 g/mol.